The van der Waals surface area contributed by atoms with E-state index in [1.54, 1.807) is 6.07 Å². The number of likely N-dealkylation sites (tertiary alicyclic amines) is 1. The summed E-state index contributed by atoms with van der Waals surface area (Å²) < 4.78 is 12.9. The monoisotopic (exact) mass is 235 g/mol. The maximum Gasteiger partial charge on any atom is 0.141 e. The summed E-state index contributed by atoms with van der Waals surface area (Å²) in [5, 5.41) is 0. The van der Waals surface area contributed by atoms with E-state index >= 15 is 0 Å². The lowest BCUT2D eigenvalue weighted by atomic mass is 9.92. The first-order chi connectivity index (χ1) is 8.24. The van der Waals surface area contributed by atoms with E-state index in [1.807, 2.05) is 0 Å². The molecule has 3 rings (SSSR count). The Hall–Kier alpha value is -1.16. The number of nitrogens with zero attached hydrogens (tertiary/aromatic N) is 3. The normalized spacial score (nSPS) is 29.4. The molecule has 2 atom stereocenters. The van der Waals surface area contributed by atoms with E-state index in [4.69, 9.17) is 0 Å². The molecule has 17 heavy (non-hydrogen) atoms. The van der Waals surface area contributed by atoms with Crippen molar-refractivity contribution >= 4 is 5.82 Å². The summed E-state index contributed by atoms with van der Waals surface area (Å²) in [4.78, 5) is 8.93. The quantitative estimate of drug-likeness (QED) is 0.739. The molecule has 1 aromatic heterocycles. The Morgan fingerprint density at radius 2 is 2.12 bits per heavy atom. The zero-order valence-electron chi connectivity index (χ0n) is 10.1. The van der Waals surface area contributed by atoms with Gasteiger partial charge in [0.2, 0.25) is 0 Å². The van der Waals surface area contributed by atoms with Crippen LogP contribution in [0.15, 0.2) is 18.3 Å². The van der Waals surface area contributed by atoms with E-state index in [2.05, 4.69) is 21.8 Å². The predicted molar refractivity (Wildman–Crippen MR) is 65.6 cm³/mol. The first kappa shape index (κ1) is 11.0. The van der Waals surface area contributed by atoms with E-state index in [0.717, 1.165) is 24.8 Å². The first-order valence-electron chi connectivity index (χ1n) is 6.31. The lowest BCUT2D eigenvalue weighted by Gasteiger charge is -2.37. The van der Waals surface area contributed by atoms with E-state index in [-0.39, 0.29) is 5.82 Å². The SMILES string of the molecule is CN1CC[C@@H]2CCN(c3ccc(F)cn3)[C@@H]2C1. The van der Waals surface area contributed by atoms with Crippen LogP contribution in [-0.4, -0.2) is 42.6 Å². The molecule has 3 heterocycles. The van der Waals surface area contributed by atoms with Gasteiger partial charge in [0.1, 0.15) is 11.6 Å². The van der Waals surface area contributed by atoms with Gasteiger partial charge in [-0.05, 0) is 44.5 Å². The second-order valence-electron chi connectivity index (χ2n) is 5.20. The predicted octanol–water partition coefficient (Wildman–Crippen LogP) is 1.75. The van der Waals surface area contributed by atoms with Gasteiger partial charge in [-0.2, -0.15) is 0 Å². The summed E-state index contributed by atoms with van der Waals surface area (Å²) in [5.41, 5.74) is 0. The molecule has 2 aliphatic heterocycles. The molecule has 4 heteroatoms. The number of hydrogen-bond donors (Lipinski definition) is 0. The molecule has 3 nitrogen and oxygen atoms in total. The van der Waals surface area contributed by atoms with Crippen LogP contribution in [0.2, 0.25) is 0 Å². The van der Waals surface area contributed by atoms with Gasteiger partial charge in [0.25, 0.3) is 0 Å². The Balaban J connectivity index is 1.81. The molecule has 0 N–H and O–H groups in total. The Morgan fingerprint density at radius 1 is 1.29 bits per heavy atom. The molecular weight excluding hydrogens is 217 g/mol. The minimum atomic E-state index is -0.259. The highest BCUT2D eigenvalue weighted by molar-refractivity contribution is 5.41. The number of halogens is 1. The lowest BCUT2D eigenvalue weighted by Crippen LogP contribution is -2.46. The maximum absolute atomic E-state index is 12.9. The molecule has 0 unspecified atom stereocenters. The maximum atomic E-state index is 12.9. The van der Waals surface area contributed by atoms with Gasteiger partial charge in [0.15, 0.2) is 0 Å². The van der Waals surface area contributed by atoms with Gasteiger partial charge in [-0.3, -0.25) is 0 Å². The van der Waals surface area contributed by atoms with Crippen molar-refractivity contribution in [1.82, 2.24) is 9.88 Å². The molecule has 92 valence electrons. The zero-order chi connectivity index (χ0) is 11.8. The minimum absolute atomic E-state index is 0.259. The van der Waals surface area contributed by atoms with E-state index < -0.39 is 0 Å². The van der Waals surface area contributed by atoms with Crippen LogP contribution in [0, 0.1) is 11.7 Å². The standard InChI is InChI=1S/C13H18FN3/c1-16-6-4-10-5-7-17(12(10)9-16)13-3-2-11(14)8-15-13/h2-3,8,10,12H,4-7,9H2,1H3/t10-,12-/m1/s1. The highest BCUT2D eigenvalue weighted by Crippen LogP contribution is 2.33. The van der Waals surface area contributed by atoms with Crippen molar-refractivity contribution in [3.05, 3.63) is 24.1 Å². The molecule has 0 saturated carbocycles. The van der Waals surface area contributed by atoms with Crippen LogP contribution in [-0.2, 0) is 0 Å². The van der Waals surface area contributed by atoms with Gasteiger partial charge < -0.3 is 9.80 Å². The largest absolute Gasteiger partial charge is 0.352 e. The average molecular weight is 235 g/mol. The molecule has 1 aromatic rings. The van der Waals surface area contributed by atoms with Gasteiger partial charge in [-0.25, -0.2) is 9.37 Å². The molecule has 2 saturated heterocycles. The van der Waals surface area contributed by atoms with Crippen LogP contribution in [0.25, 0.3) is 0 Å². The number of aromatic nitrogens is 1. The number of hydrogen-bond acceptors (Lipinski definition) is 3. The molecule has 0 aliphatic carbocycles. The topological polar surface area (TPSA) is 19.4 Å². The van der Waals surface area contributed by atoms with Crippen molar-refractivity contribution in [3.8, 4) is 0 Å². The van der Waals surface area contributed by atoms with Crippen molar-refractivity contribution in [3.63, 3.8) is 0 Å². The van der Waals surface area contributed by atoms with Crippen LogP contribution < -0.4 is 4.90 Å². The fraction of sp³-hybridized carbons (Fsp3) is 0.615. The fourth-order valence-electron chi connectivity index (χ4n) is 3.12. The highest BCUT2D eigenvalue weighted by Gasteiger charge is 2.37. The number of pyridine rings is 1. The lowest BCUT2D eigenvalue weighted by molar-refractivity contribution is 0.208. The van der Waals surface area contributed by atoms with Crippen molar-refractivity contribution in [2.45, 2.75) is 18.9 Å². The summed E-state index contributed by atoms with van der Waals surface area (Å²) in [6, 6.07) is 3.86. The third-order valence-electron chi connectivity index (χ3n) is 4.07. The Labute approximate surface area is 101 Å². The summed E-state index contributed by atoms with van der Waals surface area (Å²) in [5.74, 6) is 1.46. The molecule has 0 bridgehead atoms. The average Bonchev–Trinajstić information content (AvgIpc) is 2.73. The molecule has 2 fully saturated rings. The second-order valence-corrected chi connectivity index (χ2v) is 5.20. The van der Waals surface area contributed by atoms with Gasteiger partial charge >= 0.3 is 0 Å². The van der Waals surface area contributed by atoms with Crippen LogP contribution >= 0.6 is 0 Å². The molecule has 0 amide bonds. The Kier molecular flexibility index (Phi) is 2.74. The Bertz CT molecular complexity index is 392. The van der Waals surface area contributed by atoms with Crippen molar-refractivity contribution in [2.75, 3.05) is 31.6 Å². The third-order valence-corrected chi connectivity index (χ3v) is 4.07. The number of rotatable bonds is 1. The number of piperidine rings is 1. The first-order valence-corrected chi connectivity index (χ1v) is 6.31. The Morgan fingerprint density at radius 3 is 2.88 bits per heavy atom. The van der Waals surface area contributed by atoms with Crippen LogP contribution in [0.5, 0.6) is 0 Å². The van der Waals surface area contributed by atoms with Gasteiger partial charge in [-0.15, -0.1) is 0 Å². The third kappa shape index (κ3) is 2.02. The van der Waals surface area contributed by atoms with Gasteiger partial charge in [0.05, 0.1) is 6.20 Å². The van der Waals surface area contributed by atoms with E-state index in [9.17, 15) is 4.39 Å². The van der Waals surface area contributed by atoms with Gasteiger partial charge in [0, 0.05) is 19.1 Å². The molecule has 2 aliphatic rings. The van der Waals surface area contributed by atoms with Crippen LogP contribution in [0.1, 0.15) is 12.8 Å². The number of fused-ring (bicyclic) bond motifs is 1. The molecule has 0 aromatic carbocycles. The molecule has 0 spiro atoms. The van der Waals surface area contributed by atoms with Crippen LogP contribution in [0.4, 0.5) is 10.2 Å². The zero-order valence-corrected chi connectivity index (χ0v) is 10.1. The summed E-state index contributed by atoms with van der Waals surface area (Å²) in [6.45, 7) is 3.36. The van der Waals surface area contributed by atoms with Crippen molar-refractivity contribution in [2.24, 2.45) is 5.92 Å². The fourth-order valence-corrected chi connectivity index (χ4v) is 3.12. The summed E-state index contributed by atoms with van der Waals surface area (Å²) >= 11 is 0. The smallest absolute Gasteiger partial charge is 0.141 e. The highest BCUT2D eigenvalue weighted by atomic mass is 19.1. The summed E-state index contributed by atoms with van der Waals surface area (Å²) in [6.07, 6.45) is 3.84. The number of anilines is 1. The van der Waals surface area contributed by atoms with Crippen molar-refractivity contribution < 1.29 is 4.39 Å². The molecular formula is C13H18FN3. The van der Waals surface area contributed by atoms with E-state index in [0.29, 0.717) is 6.04 Å². The van der Waals surface area contributed by atoms with Crippen LogP contribution in [0.3, 0.4) is 0 Å². The minimum Gasteiger partial charge on any atom is -0.352 e. The molecule has 0 radical (unpaired) electrons. The number of likely N-dealkylation sites (N-methyl/N-ethyl adjacent to an activating group) is 1. The summed E-state index contributed by atoms with van der Waals surface area (Å²) in [7, 11) is 2.17. The van der Waals surface area contributed by atoms with E-state index in [1.165, 1.54) is 31.6 Å². The second kappa shape index (κ2) is 4.26. The van der Waals surface area contributed by atoms with Crippen molar-refractivity contribution in [1.29, 1.82) is 0 Å². The van der Waals surface area contributed by atoms with Gasteiger partial charge in [-0.1, -0.05) is 0 Å².